The predicted molar refractivity (Wildman–Crippen MR) is 87.5 cm³/mol. The van der Waals surface area contributed by atoms with E-state index in [1.54, 1.807) is 0 Å². The summed E-state index contributed by atoms with van der Waals surface area (Å²) in [6.45, 7) is 1.34. The maximum absolute atomic E-state index is 13.7. The number of amides is 1. The fourth-order valence-electron chi connectivity index (χ4n) is 3.43. The maximum atomic E-state index is 13.7. The van der Waals surface area contributed by atoms with Crippen molar-refractivity contribution < 1.29 is 26.5 Å². The van der Waals surface area contributed by atoms with E-state index in [0.29, 0.717) is 18.9 Å². The van der Waals surface area contributed by atoms with Crippen molar-refractivity contribution in [1.82, 2.24) is 9.88 Å². The first kappa shape index (κ1) is 18.3. The molecule has 0 aliphatic heterocycles. The Kier molecular flexibility index (Phi) is 4.47. The number of hydrogen-bond acceptors (Lipinski definition) is 6. The molecule has 0 unspecified atom stereocenters. The van der Waals surface area contributed by atoms with Crippen molar-refractivity contribution in [2.75, 3.05) is 5.73 Å². The summed E-state index contributed by atoms with van der Waals surface area (Å²) in [6, 6.07) is 2.81. The number of nitrogens with one attached hydrogen (secondary N) is 1. The smallest absolute Gasteiger partial charge is 0.271 e. The van der Waals surface area contributed by atoms with Crippen LogP contribution < -0.4 is 10.5 Å². The Balaban J connectivity index is 2.00. The topological polar surface area (TPSA) is 115 Å². The molecule has 1 saturated carbocycles. The van der Waals surface area contributed by atoms with Crippen molar-refractivity contribution in [2.24, 2.45) is 0 Å². The van der Waals surface area contributed by atoms with Crippen molar-refractivity contribution in [3.63, 3.8) is 0 Å². The zero-order chi connectivity index (χ0) is 19.1. The third kappa shape index (κ3) is 3.05. The van der Waals surface area contributed by atoms with Crippen molar-refractivity contribution in [2.45, 2.75) is 42.9 Å². The van der Waals surface area contributed by atoms with Crippen LogP contribution in [0.15, 0.2) is 27.6 Å². The lowest BCUT2D eigenvalue weighted by atomic mass is 9.78. The molecule has 3 N–H and O–H groups in total. The molecule has 0 bridgehead atoms. The van der Waals surface area contributed by atoms with E-state index in [-0.39, 0.29) is 30.0 Å². The molecule has 2 aromatic rings. The van der Waals surface area contributed by atoms with Gasteiger partial charge >= 0.3 is 0 Å². The van der Waals surface area contributed by atoms with Crippen LogP contribution in [0, 0.1) is 18.6 Å². The van der Waals surface area contributed by atoms with Crippen LogP contribution in [0.1, 0.15) is 37.0 Å². The van der Waals surface area contributed by atoms with Gasteiger partial charge in [-0.1, -0.05) is 18.0 Å². The minimum atomic E-state index is -4.35. The predicted octanol–water partition coefficient (Wildman–Crippen LogP) is 2.16. The summed E-state index contributed by atoms with van der Waals surface area (Å²) in [5.41, 5.74) is 4.28. The monoisotopic (exact) mass is 385 g/mol. The standard InChI is InChI=1S/C16H17F2N3O4S/c1-9-13(14(19)20-25-9)26(23,24)21-15(22)16(4-2-3-5-16)10-6-11(17)8-12(18)7-10/h6-8H,2-5H2,1H3,(H2,19,20)(H,21,22). The molecule has 1 fully saturated rings. The third-order valence-electron chi connectivity index (χ3n) is 4.64. The van der Waals surface area contributed by atoms with E-state index in [4.69, 9.17) is 10.3 Å². The first-order valence-corrected chi connectivity index (χ1v) is 9.39. The Morgan fingerprint density at radius 2 is 1.81 bits per heavy atom. The molecule has 1 aliphatic carbocycles. The lowest BCUT2D eigenvalue weighted by molar-refractivity contribution is -0.124. The third-order valence-corrected chi connectivity index (χ3v) is 6.12. The molecule has 1 aromatic carbocycles. The highest BCUT2D eigenvalue weighted by Gasteiger charge is 2.45. The molecule has 1 amide bonds. The number of sulfonamides is 1. The summed E-state index contributed by atoms with van der Waals surface area (Å²) < 4.78 is 59.1. The highest BCUT2D eigenvalue weighted by Crippen LogP contribution is 2.42. The number of rotatable bonds is 4. The second-order valence-electron chi connectivity index (χ2n) is 6.34. The van der Waals surface area contributed by atoms with Crippen LogP contribution in [-0.4, -0.2) is 19.5 Å². The normalized spacial score (nSPS) is 16.6. The van der Waals surface area contributed by atoms with Crippen LogP contribution >= 0.6 is 0 Å². The van der Waals surface area contributed by atoms with Gasteiger partial charge in [-0.2, -0.15) is 0 Å². The first-order chi connectivity index (χ1) is 12.2. The van der Waals surface area contributed by atoms with E-state index in [0.717, 1.165) is 12.1 Å². The number of hydrogen-bond donors (Lipinski definition) is 2. The van der Waals surface area contributed by atoms with Gasteiger partial charge in [0.25, 0.3) is 10.0 Å². The van der Waals surface area contributed by atoms with E-state index >= 15 is 0 Å². The van der Waals surface area contributed by atoms with Crippen molar-refractivity contribution in [1.29, 1.82) is 0 Å². The van der Waals surface area contributed by atoms with Gasteiger partial charge in [-0.15, -0.1) is 0 Å². The average Bonchev–Trinajstić information content (AvgIpc) is 3.14. The summed E-state index contributed by atoms with van der Waals surface area (Å²) in [4.78, 5) is 12.5. The van der Waals surface area contributed by atoms with Crippen LogP contribution in [0.4, 0.5) is 14.6 Å². The van der Waals surface area contributed by atoms with E-state index in [2.05, 4.69) is 5.16 Å². The zero-order valence-corrected chi connectivity index (χ0v) is 14.7. The summed E-state index contributed by atoms with van der Waals surface area (Å²) in [6.07, 6.45) is 1.80. The first-order valence-electron chi connectivity index (χ1n) is 7.91. The van der Waals surface area contributed by atoms with Crippen LogP contribution in [0.2, 0.25) is 0 Å². The Labute approximate surface area is 148 Å². The molecular formula is C16H17F2N3O4S. The summed E-state index contributed by atoms with van der Waals surface area (Å²) in [5.74, 6) is -2.97. The highest BCUT2D eigenvalue weighted by molar-refractivity contribution is 7.90. The number of aryl methyl sites for hydroxylation is 1. The Hall–Kier alpha value is -2.49. The minimum Gasteiger partial charge on any atom is -0.380 e. The van der Waals surface area contributed by atoms with Gasteiger partial charge < -0.3 is 10.3 Å². The molecule has 10 heteroatoms. The molecular weight excluding hydrogens is 368 g/mol. The summed E-state index contributed by atoms with van der Waals surface area (Å²) in [5, 5.41) is 3.36. The van der Waals surface area contributed by atoms with Gasteiger partial charge in [0.05, 0.1) is 5.41 Å². The van der Waals surface area contributed by atoms with E-state index in [1.165, 1.54) is 6.92 Å². The lowest BCUT2D eigenvalue weighted by Gasteiger charge is -2.28. The van der Waals surface area contributed by atoms with Gasteiger partial charge in [0.1, 0.15) is 11.6 Å². The molecule has 0 radical (unpaired) electrons. The van der Waals surface area contributed by atoms with Crippen molar-refractivity contribution >= 4 is 21.7 Å². The largest absolute Gasteiger partial charge is 0.380 e. The number of carbonyl (C=O) groups is 1. The summed E-state index contributed by atoms with van der Waals surface area (Å²) >= 11 is 0. The Morgan fingerprint density at radius 3 is 2.31 bits per heavy atom. The van der Waals surface area contributed by atoms with Crippen LogP contribution in [0.25, 0.3) is 0 Å². The second-order valence-corrected chi connectivity index (χ2v) is 7.95. The Bertz CT molecular complexity index is 926. The molecule has 0 atom stereocenters. The van der Waals surface area contributed by atoms with Crippen LogP contribution in [-0.2, 0) is 20.2 Å². The number of halogens is 2. The van der Waals surface area contributed by atoms with E-state index in [9.17, 15) is 22.0 Å². The lowest BCUT2D eigenvalue weighted by Crippen LogP contribution is -2.45. The molecule has 1 aliphatic rings. The number of benzene rings is 1. The number of carbonyl (C=O) groups excluding carboxylic acids is 1. The fraction of sp³-hybridized carbons (Fsp3) is 0.375. The van der Waals surface area contributed by atoms with Crippen molar-refractivity contribution in [3.8, 4) is 0 Å². The number of nitrogens with zero attached hydrogens (tertiary/aromatic N) is 1. The van der Waals surface area contributed by atoms with Gasteiger partial charge in [0.15, 0.2) is 16.5 Å². The Morgan fingerprint density at radius 1 is 1.23 bits per heavy atom. The quantitative estimate of drug-likeness (QED) is 0.833. The van der Waals surface area contributed by atoms with E-state index in [1.807, 2.05) is 4.72 Å². The van der Waals surface area contributed by atoms with Crippen molar-refractivity contribution in [3.05, 3.63) is 41.2 Å². The summed E-state index contributed by atoms with van der Waals surface area (Å²) in [7, 11) is -4.35. The molecule has 1 heterocycles. The molecule has 3 rings (SSSR count). The molecule has 7 nitrogen and oxygen atoms in total. The zero-order valence-electron chi connectivity index (χ0n) is 13.9. The maximum Gasteiger partial charge on any atom is 0.271 e. The van der Waals surface area contributed by atoms with Gasteiger partial charge in [0, 0.05) is 6.07 Å². The van der Waals surface area contributed by atoms with Gasteiger partial charge in [-0.25, -0.2) is 21.9 Å². The molecule has 1 aromatic heterocycles. The van der Waals surface area contributed by atoms with E-state index < -0.39 is 37.9 Å². The molecule has 140 valence electrons. The number of anilines is 1. The van der Waals surface area contributed by atoms with Gasteiger partial charge in [-0.3, -0.25) is 4.79 Å². The molecule has 26 heavy (non-hydrogen) atoms. The molecule has 0 saturated heterocycles. The van der Waals surface area contributed by atoms with Gasteiger partial charge in [0.2, 0.25) is 5.91 Å². The number of nitrogens with two attached hydrogens (primary N) is 1. The average molecular weight is 385 g/mol. The number of aromatic nitrogens is 1. The highest BCUT2D eigenvalue weighted by atomic mass is 32.2. The second kappa shape index (κ2) is 6.35. The number of nitrogen functional groups attached to an aromatic ring is 1. The SMILES string of the molecule is Cc1onc(N)c1S(=O)(=O)NC(=O)C1(c2cc(F)cc(F)c2)CCCC1. The minimum absolute atomic E-state index is 0.0694. The van der Waals surface area contributed by atoms with Crippen LogP contribution in [0.5, 0.6) is 0 Å². The molecule has 0 spiro atoms. The van der Waals surface area contributed by atoms with Crippen LogP contribution in [0.3, 0.4) is 0 Å². The fourth-order valence-corrected chi connectivity index (χ4v) is 4.70. The van der Waals surface area contributed by atoms with Gasteiger partial charge in [-0.05, 0) is 37.5 Å².